The number of aromatic nitrogens is 2. The van der Waals surface area contributed by atoms with Crippen LogP contribution in [0.5, 0.6) is 5.75 Å². The van der Waals surface area contributed by atoms with E-state index in [0.717, 1.165) is 23.7 Å². The van der Waals surface area contributed by atoms with E-state index < -0.39 is 17.2 Å². The molecule has 1 N–H and O–H groups in total. The zero-order valence-electron chi connectivity index (χ0n) is 12.1. The predicted octanol–water partition coefficient (Wildman–Crippen LogP) is 2.46. The molecule has 0 saturated heterocycles. The second-order valence-corrected chi connectivity index (χ2v) is 5.38. The van der Waals surface area contributed by atoms with E-state index in [9.17, 15) is 14.0 Å². The van der Waals surface area contributed by atoms with E-state index in [0.29, 0.717) is 5.56 Å². The van der Waals surface area contributed by atoms with Gasteiger partial charge in [-0.1, -0.05) is 29.5 Å². The summed E-state index contributed by atoms with van der Waals surface area (Å²) >= 11 is 1.13. The fourth-order valence-electron chi connectivity index (χ4n) is 1.78. The maximum absolute atomic E-state index is 13.5. The molecule has 1 aromatic carbocycles. The first-order chi connectivity index (χ1) is 11.6. The molecule has 3 rings (SSSR count). The first kappa shape index (κ1) is 15.8. The molecule has 2 heterocycles. The Hall–Kier alpha value is -3.07. The number of hydrogen-bond donors (Lipinski definition) is 1. The molecule has 0 unspecified atom stereocenters. The summed E-state index contributed by atoms with van der Waals surface area (Å²) in [6.07, 6.45) is 1.01. The molecule has 2 aromatic heterocycles. The highest BCUT2D eigenvalue weighted by Gasteiger charge is 2.14. The summed E-state index contributed by atoms with van der Waals surface area (Å²) < 4.78 is 23.8. The van der Waals surface area contributed by atoms with Crippen LogP contribution in [0.15, 0.2) is 51.3 Å². The number of anilines is 1. The van der Waals surface area contributed by atoms with Gasteiger partial charge in [-0.3, -0.25) is 14.9 Å². The maximum Gasteiger partial charge on any atom is 0.293 e. The van der Waals surface area contributed by atoms with Gasteiger partial charge in [0.25, 0.3) is 5.91 Å². The van der Waals surface area contributed by atoms with Gasteiger partial charge in [-0.15, -0.1) is 10.2 Å². The minimum absolute atomic E-state index is 0.120. The molecule has 0 bridgehead atoms. The van der Waals surface area contributed by atoms with E-state index >= 15 is 0 Å². The van der Waals surface area contributed by atoms with E-state index in [2.05, 4.69) is 15.5 Å². The first-order valence-electron chi connectivity index (χ1n) is 6.70. The van der Waals surface area contributed by atoms with Crippen molar-refractivity contribution in [1.29, 1.82) is 0 Å². The van der Waals surface area contributed by atoms with Crippen molar-refractivity contribution in [1.82, 2.24) is 10.2 Å². The highest BCUT2D eigenvalue weighted by atomic mass is 32.1. The Morgan fingerprint density at radius 3 is 2.92 bits per heavy atom. The number of rotatable bonds is 5. The molecule has 7 nitrogen and oxygen atoms in total. The molecule has 0 radical (unpaired) electrons. The van der Waals surface area contributed by atoms with Crippen molar-refractivity contribution in [3.8, 4) is 5.75 Å². The van der Waals surface area contributed by atoms with Crippen molar-refractivity contribution in [3.05, 3.63) is 69.5 Å². The smallest absolute Gasteiger partial charge is 0.293 e. The first-order valence-corrected chi connectivity index (χ1v) is 7.58. The molecule has 1 amide bonds. The van der Waals surface area contributed by atoms with Crippen molar-refractivity contribution in [3.63, 3.8) is 0 Å². The van der Waals surface area contributed by atoms with Crippen molar-refractivity contribution in [2.45, 2.75) is 6.61 Å². The van der Waals surface area contributed by atoms with Crippen LogP contribution >= 0.6 is 11.3 Å². The molecule has 0 fully saturated rings. The summed E-state index contributed by atoms with van der Waals surface area (Å²) in [5.74, 6) is -1.39. The lowest BCUT2D eigenvalue weighted by molar-refractivity contribution is 0.0993. The number of halogens is 1. The Morgan fingerprint density at radius 1 is 1.38 bits per heavy atom. The molecule has 24 heavy (non-hydrogen) atoms. The van der Waals surface area contributed by atoms with Gasteiger partial charge in [-0.25, -0.2) is 4.39 Å². The highest BCUT2D eigenvalue weighted by Crippen LogP contribution is 2.13. The maximum atomic E-state index is 13.5. The number of amides is 1. The van der Waals surface area contributed by atoms with Crippen LogP contribution < -0.4 is 15.5 Å². The normalized spacial score (nSPS) is 10.4. The summed E-state index contributed by atoms with van der Waals surface area (Å²) in [6.45, 7) is -0.131. The molecular formula is C15H10FN3O4S. The van der Waals surface area contributed by atoms with E-state index in [1.165, 1.54) is 11.6 Å². The molecule has 0 atom stereocenters. The van der Waals surface area contributed by atoms with Crippen LogP contribution in [0.25, 0.3) is 0 Å². The lowest BCUT2D eigenvalue weighted by atomic mass is 10.2. The van der Waals surface area contributed by atoms with Crippen LogP contribution in [0.4, 0.5) is 9.52 Å². The third-order valence-corrected chi connectivity index (χ3v) is 3.55. The monoisotopic (exact) mass is 347 g/mol. The quantitative estimate of drug-likeness (QED) is 0.762. The van der Waals surface area contributed by atoms with Gasteiger partial charge in [0.05, 0.1) is 0 Å². The number of nitrogens with one attached hydrogen (secondary N) is 1. The number of benzene rings is 1. The Morgan fingerprint density at radius 2 is 2.21 bits per heavy atom. The molecular weight excluding hydrogens is 337 g/mol. The minimum Gasteiger partial charge on any atom is -0.482 e. The zero-order chi connectivity index (χ0) is 16.9. The van der Waals surface area contributed by atoms with Gasteiger partial charge in [-0.2, -0.15) is 0 Å². The Bertz CT molecular complexity index is 911. The van der Waals surface area contributed by atoms with Crippen molar-refractivity contribution in [2.24, 2.45) is 0 Å². The molecule has 0 aliphatic carbocycles. The molecule has 0 saturated carbocycles. The van der Waals surface area contributed by atoms with Gasteiger partial charge >= 0.3 is 0 Å². The van der Waals surface area contributed by atoms with Crippen LogP contribution in [-0.2, 0) is 6.61 Å². The van der Waals surface area contributed by atoms with Gasteiger partial charge in [0.1, 0.15) is 24.2 Å². The van der Waals surface area contributed by atoms with Crippen LogP contribution in [0, 0.1) is 5.82 Å². The second-order valence-electron chi connectivity index (χ2n) is 4.55. The Labute approximate surface area is 138 Å². The highest BCUT2D eigenvalue weighted by molar-refractivity contribution is 7.13. The summed E-state index contributed by atoms with van der Waals surface area (Å²) in [5, 5.41) is 9.93. The standard InChI is InChI=1S/C15H10FN3O4S/c16-10-4-2-1-3-9(10)6-22-13-7-23-12(5-11(13)20)14(21)18-15-19-17-8-24-15/h1-5,7-8H,6H2,(H,18,19,21). The van der Waals surface area contributed by atoms with Crippen LogP contribution in [0.3, 0.4) is 0 Å². The Balaban J connectivity index is 1.69. The summed E-state index contributed by atoms with van der Waals surface area (Å²) in [7, 11) is 0. The number of hydrogen-bond acceptors (Lipinski definition) is 7. The lowest BCUT2D eigenvalue weighted by Crippen LogP contribution is -2.15. The molecule has 122 valence electrons. The van der Waals surface area contributed by atoms with Gasteiger partial charge in [-0.05, 0) is 6.07 Å². The SMILES string of the molecule is O=C(Nc1nncs1)c1cc(=O)c(OCc2ccccc2F)co1. The lowest BCUT2D eigenvalue weighted by Gasteiger charge is -2.06. The van der Waals surface area contributed by atoms with Crippen LogP contribution in [0.2, 0.25) is 0 Å². The van der Waals surface area contributed by atoms with E-state index in [1.807, 2.05) is 0 Å². The largest absolute Gasteiger partial charge is 0.482 e. The van der Waals surface area contributed by atoms with E-state index in [4.69, 9.17) is 9.15 Å². The van der Waals surface area contributed by atoms with E-state index in [1.54, 1.807) is 18.2 Å². The number of ether oxygens (including phenoxy) is 1. The van der Waals surface area contributed by atoms with Gasteiger partial charge in [0.2, 0.25) is 16.3 Å². The fourth-order valence-corrected chi connectivity index (χ4v) is 2.22. The van der Waals surface area contributed by atoms with Gasteiger partial charge < -0.3 is 9.15 Å². The third-order valence-electron chi connectivity index (χ3n) is 2.94. The third kappa shape index (κ3) is 3.63. The number of nitrogens with zero attached hydrogens (tertiary/aromatic N) is 2. The van der Waals surface area contributed by atoms with Crippen LogP contribution in [0.1, 0.15) is 16.1 Å². The zero-order valence-corrected chi connectivity index (χ0v) is 12.9. The number of carbonyl (C=O) groups is 1. The predicted molar refractivity (Wildman–Crippen MR) is 83.6 cm³/mol. The average Bonchev–Trinajstić information content (AvgIpc) is 3.08. The van der Waals surface area contributed by atoms with Crippen molar-refractivity contribution < 1.29 is 18.3 Å². The number of carbonyl (C=O) groups excluding carboxylic acids is 1. The molecule has 3 aromatic rings. The topological polar surface area (TPSA) is 94.3 Å². The molecule has 0 aliphatic rings. The second kappa shape index (κ2) is 7.01. The van der Waals surface area contributed by atoms with Gasteiger partial charge in [0.15, 0.2) is 5.76 Å². The average molecular weight is 347 g/mol. The minimum atomic E-state index is -0.635. The Kier molecular flexibility index (Phi) is 4.62. The summed E-state index contributed by atoms with van der Waals surface area (Å²) in [4.78, 5) is 23.9. The van der Waals surface area contributed by atoms with Crippen molar-refractivity contribution in [2.75, 3.05) is 5.32 Å². The molecule has 0 aliphatic heterocycles. The fraction of sp³-hybridized carbons (Fsp3) is 0.0667. The summed E-state index contributed by atoms with van der Waals surface area (Å²) in [6, 6.07) is 7.04. The summed E-state index contributed by atoms with van der Waals surface area (Å²) in [5.41, 5.74) is 1.20. The van der Waals surface area contributed by atoms with E-state index in [-0.39, 0.29) is 23.2 Å². The van der Waals surface area contributed by atoms with Crippen LogP contribution in [-0.4, -0.2) is 16.1 Å². The molecule has 0 spiro atoms. The van der Waals surface area contributed by atoms with Gasteiger partial charge in [0, 0.05) is 11.6 Å². The van der Waals surface area contributed by atoms with Crippen molar-refractivity contribution >= 4 is 22.4 Å². The molecule has 9 heteroatoms.